The Kier molecular flexibility index (Phi) is 9.04. The Morgan fingerprint density at radius 1 is 0.842 bits per heavy atom. The fraction of sp³-hybridized carbons (Fsp3) is 0.387. The second-order valence-electron chi connectivity index (χ2n) is 10.1. The third-order valence-electron chi connectivity index (χ3n) is 7.26. The summed E-state index contributed by atoms with van der Waals surface area (Å²) >= 11 is 0. The maximum atomic E-state index is 12.4. The van der Waals surface area contributed by atoms with Gasteiger partial charge in [-0.3, -0.25) is 0 Å². The number of carbonyl (C=O) groups is 1. The number of urea groups is 1. The number of aliphatic hydroxyl groups excluding tert-OH is 1. The van der Waals surface area contributed by atoms with E-state index in [4.69, 9.17) is 9.47 Å². The molecular weight excluding hydrogens is 478 g/mol. The van der Waals surface area contributed by atoms with Crippen LogP contribution in [0.1, 0.15) is 60.3 Å². The van der Waals surface area contributed by atoms with Crippen LogP contribution in [0.3, 0.4) is 0 Å². The van der Waals surface area contributed by atoms with Crippen molar-refractivity contribution in [3.05, 3.63) is 101 Å². The van der Waals surface area contributed by atoms with Crippen molar-refractivity contribution in [1.82, 2.24) is 10.2 Å². The quantitative estimate of drug-likeness (QED) is 0.367. The maximum absolute atomic E-state index is 12.4. The lowest BCUT2D eigenvalue weighted by atomic mass is 9.99. The van der Waals surface area contributed by atoms with Gasteiger partial charge in [0.1, 0.15) is 0 Å². The summed E-state index contributed by atoms with van der Waals surface area (Å²) in [5.41, 5.74) is 4.64. The minimum Gasteiger partial charge on any atom is -0.392 e. The van der Waals surface area contributed by atoms with Crippen LogP contribution in [-0.2, 0) is 22.6 Å². The number of nitrogens with one attached hydrogen (secondary N) is 2. The Morgan fingerprint density at radius 3 is 2.26 bits per heavy atom. The lowest BCUT2D eigenvalue weighted by Crippen LogP contribution is -2.41. The van der Waals surface area contributed by atoms with Gasteiger partial charge in [0, 0.05) is 30.8 Å². The van der Waals surface area contributed by atoms with E-state index in [0.29, 0.717) is 12.2 Å². The molecule has 0 spiro atoms. The van der Waals surface area contributed by atoms with E-state index in [-0.39, 0.29) is 24.8 Å². The molecule has 3 aromatic rings. The van der Waals surface area contributed by atoms with Gasteiger partial charge in [-0.25, -0.2) is 4.79 Å². The lowest BCUT2D eigenvalue weighted by molar-refractivity contribution is -0.253. The molecule has 7 heteroatoms. The Labute approximate surface area is 224 Å². The topological polar surface area (TPSA) is 83.1 Å². The van der Waals surface area contributed by atoms with Gasteiger partial charge in [0.05, 0.1) is 18.8 Å². The normalized spacial score (nSPS) is 22.1. The van der Waals surface area contributed by atoms with Gasteiger partial charge in [-0.05, 0) is 54.8 Å². The van der Waals surface area contributed by atoms with E-state index in [9.17, 15) is 9.90 Å². The number of carbonyl (C=O) groups excluding carboxylic acids is 1. The molecule has 2 saturated heterocycles. The van der Waals surface area contributed by atoms with Crippen molar-refractivity contribution in [3.63, 3.8) is 0 Å². The van der Waals surface area contributed by atoms with E-state index in [1.165, 1.54) is 19.3 Å². The third-order valence-corrected chi connectivity index (χ3v) is 7.26. The summed E-state index contributed by atoms with van der Waals surface area (Å²) in [6, 6.07) is 25.2. The standard InChI is InChI=1S/C31H37N3O4/c35-22-24-9-11-25(12-10-24)29-19-28(21-34-17-5-2-6-18-34)37-30(38-29)26-13-15-27(16-14-26)33-31(36)32-20-23-7-3-1-4-8-23/h1,3-4,7-16,28-30,35H,2,5-6,17-22H2,(H2,32,33,36)/t28-,29+,30+/m1/s1. The van der Waals surface area contributed by atoms with Gasteiger partial charge in [-0.1, -0.05) is 73.2 Å². The number of ether oxygens (including phenoxy) is 2. The van der Waals surface area contributed by atoms with Gasteiger partial charge in [-0.2, -0.15) is 0 Å². The highest BCUT2D eigenvalue weighted by molar-refractivity contribution is 5.89. The van der Waals surface area contributed by atoms with Crippen LogP contribution in [0.25, 0.3) is 0 Å². The minimum atomic E-state index is -0.498. The predicted octanol–water partition coefficient (Wildman–Crippen LogP) is 5.53. The van der Waals surface area contributed by atoms with E-state index in [1.807, 2.05) is 78.9 Å². The summed E-state index contributed by atoms with van der Waals surface area (Å²) in [6.07, 6.45) is 4.03. The molecule has 0 bridgehead atoms. The predicted molar refractivity (Wildman–Crippen MR) is 147 cm³/mol. The van der Waals surface area contributed by atoms with Crippen LogP contribution in [0.15, 0.2) is 78.9 Å². The molecule has 2 fully saturated rings. The number of hydrogen-bond donors (Lipinski definition) is 3. The van der Waals surface area contributed by atoms with Gasteiger partial charge in [0.2, 0.25) is 0 Å². The second kappa shape index (κ2) is 13.0. The van der Waals surface area contributed by atoms with E-state index in [2.05, 4.69) is 15.5 Å². The second-order valence-corrected chi connectivity index (χ2v) is 10.1. The first kappa shape index (κ1) is 26.4. The van der Waals surface area contributed by atoms with Crippen molar-refractivity contribution in [2.75, 3.05) is 25.0 Å². The van der Waals surface area contributed by atoms with Crippen molar-refractivity contribution in [2.45, 2.75) is 57.3 Å². The summed E-state index contributed by atoms with van der Waals surface area (Å²) in [5.74, 6) is 0. The molecule has 3 aromatic carbocycles. The molecule has 5 rings (SSSR count). The molecule has 2 amide bonds. The van der Waals surface area contributed by atoms with Crippen LogP contribution < -0.4 is 10.6 Å². The Hall–Kier alpha value is -3.23. The first-order valence-corrected chi connectivity index (χ1v) is 13.6. The van der Waals surface area contributed by atoms with Crippen molar-refractivity contribution >= 4 is 11.7 Å². The molecule has 0 radical (unpaired) electrons. The molecule has 0 aliphatic carbocycles. The lowest BCUT2D eigenvalue weighted by Gasteiger charge is -2.39. The smallest absolute Gasteiger partial charge is 0.319 e. The third kappa shape index (κ3) is 7.20. The number of nitrogens with zero attached hydrogens (tertiary/aromatic N) is 1. The van der Waals surface area contributed by atoms with Gasteiger partial charge in [0.25, 0.3) is 0 Å². The molecular formula is C31H37N3O4. The highest BCUT2D eigenvalue weighted by Gasteiger charge is 2.33. The zero-order valence-electron chi connectivity index (χ0n) is 21.7. The molecule has 3 N–H and O–H groups in total. The van der Waals surface area contributed by atoms with Crippen LogP contribution >= 0.6 is 0 Å². The van der Waals surface area contributed by atoms with Crippen LogP contribution in [0.5, 0.6) is 0 Å². The molecule has 0 aromatic heterocycles. The highest BCUT2D eigenvalue weighted by Crippen LogP contribution is 2.38. The number of amides is 2. The average molecular weight is 516 g/mol. The minimum absolute atomic E-state index is 0.0276. The van der Waals surface area contributed by atoms with E-state index in [1.54, 1.807) is 0 Å². The van der Waals surface area contributed by atoms with E-state index >= 15 is 0 Å². The van der Waals surface area contributed by atoms with Crippen molar-refractivity contribution in [2.24, 2.45) is 0 Å². The number of anilines is 1. The Balaban J connectivity index is 1.24. The first-order valence-electron chi connectivity index (χ1n) is 13.6. The fourth-order valence-electron chi connectivity index (χ4n) is 5.14. The maximum Gasteiger partial charge on any atom is 0.319 e. The van der Waals surface area contributed by atoms with Crippen LogP contribution in [-0.4, -0.2) is 41.8 Å². The highest BCUT2D eigenvalue weighted by atomic mass is 16.7. The number of likely N-dealkylation sites (tertiary alicyclic amines) is 1. The number of hydrogen-bond acceptors (Lipinski definition) is 5. The Bertz CT molecular complexity index is 1150. The molecule has 7 nitrogen and oxygen atoms in total. The number of rotatable bonds is 8. The molecule has 2 aliphatic rings. The molecule has 0 saturated carbocycles. The Morgan fingerprint density at radius 2 is 1.55 bits per heavy atom. The summed E-state index contributed by atoms with van der Waals surface area (Å²) in [7, 11) is 0. The van der Waals surface area contributed by atoms with Gasteiger partial charge < -0.3 is 30.1 Å². The number of aliphatic hydroxyl groups is 1. The average Bonchev–Trinajstić information content (AvgIpc) is 2.97. The summed E-state index contributed by atoms with van der Waals surface area (Å²) in [6.45, 7) is 3.63. The molecule has 2 heterocycles. The van der Waals surface area contributed by atoms with E-state index < -0.39 is 6.29 Å². The molecule has 200 valence electrons. The van der Waals surface area contributed by atoms with Crippen molar-refractivity contribution < 1.29 is 19.4 Å². The number of piperidine rings is 1. The van der Waals surface area contributed by atoms with Gasteiger partial charge in [0.15, 0.2) is 6.29 Å². The zero-order valence-corrected chi connectivity index (χ0v) is 21.7. The largest absolute Gasteiger partial charge is 0.392 e. The van der Waals surface area contributed by atoms with Gasteiger partial charge >= 0.3 is 6.03 Å². The molecule has 38 heavy (non-hydrogen) atoms. The summed E-state index contributed by atoms with van der Waals surface area (Å²) < 4.78 is 12.9. The van der Waals surface area contributed by atoms with Crippen LogP contribution in [0.4, 0.5) is 10.5 Å². The molecule has 3 atom stereocenters. The van der Waals surface area contributed by atoms with Crippen molar-refractivity contribution in [1.29, 1.82) is 0 Å². The molecule has 2 aliphatic heterocycles. The first-order chi connectivity index (χ1) is 18.7. The summed E-state index contributed by atoms with van der Waals surface area (Å²) in [4.78, 5) is 14.9. The van der Waals surface area contributed by atoms with E-state index in [0.717, 1.165) is 48.3 Å². The van der Waals surface area contributed by atoms with Gasteiger partial charge in [-0.15, -0.1) is 0 Å². The van der Waals surface area contributed by atoms with Crippen molar-refractivity contribution in [3.8, 4) is 0 Å². The number of benzene rings is 3. The monoisotopic (exact) mass is 515 g/mol. The summed E-state index contributed by atoms with van der Waals surface area (Å²) in [5, 5.41) is 15.2. The van der Waals surface area contributed by atoms with Crippen LogP contribution in [0, 0.1) is 0 Å². The molecule has 0 unspecified atom stereocenters. The fourth-order valence-corrected chi connectivity index (χ4v) is 5.14. The SMILES string of the molecule is O=C(NCc1ccccc1)Nc1ccc([C@H]2O[C@@H](CN3CCCCC3)C[C@@H](c3ccc(CO)cc3)O2)cc1. The zero-order chi connectivity index (χ0) is 26.2. The van der Waals surface area contributed by atoms with Crippen LogP contribution in [0.2, 0.25) is 0 Å².